The molecule has 2 aliphatic rings. The number of rotatable bonds is 4. The van der Waals surface area contributed by atoms with Gasteiger partial charge in [0.15, 0.2) is 4.77 Å². The van der Waals surface area contributed by atoms with Gasteiger partial charge < -0.3 is 9.30 Å². The summed E-state index contributed by atoms with van der Waals surface area (Å²) in [5.74, 6) is -0.224. The van der Waals surface area contributed by atoms with E-state index in [-0.39, 0.29) is 11.9 Å². The van der Waals surface area contributed by atoms with Crippen LogP contribution in [0.15, 0.2) is 30.6 Å². The van der Waals surface area contributed by atoms with Crippen LogP contribution in [0.5, 0.6) is 0 Å². The molecule has 0 bridgehead atoms. The maximum Gasteiger partial charge on any atom is 0.199 e. The summed E-state index contributed by atoms with van der Waals surface area (Å²) in [4.78, 5) is 2.28. The van der Waals surface area contributed by atoms with Crippen molar-refractivity contribution in [3.63, 3.8) is 0 Å². The molecule has 2 heterocycles. The van der Waals surface area contributed by atoms with Crippen LogP contribution in [0, 0.1) is 10.6 Å². The molecular weight excluding hydrogens is 315 g/mol. The van der Waals surface area contributed by atoms with Gasteiger partial charge in [-0.25, -0.2) is 9.07 Å². The number of ether oxygens (including phenoxy) is 1. The number of halogens is 1. The Morgan fingerprint density at radius 1 is 1.26 bits per heavy atom. The smallest absolute Gasteiger partial charge is 0.199 e. The van der Waals surface area contributed by atoms with Gasteiger partial charge in [-0.2, -0.15) is 5.10 Å². The lowest BCUT2D eigenvalue weighted by Gasteiger charge is -2.32. The van der Waals surface area contributed by atoms with E-state index in [0.717, 1.165) is 23.4 Å². The molecule has 0 N–H and O–H groups in total. The third-order valence-corrected chi connectivity index (χ3v) is 4.85. The van der Waals surface area contributed by atoms with Crippen molar-refractivity contribution in [2.24, 2.45) is 0 Å². The standard InChI is InChI=1S/C16H19FN4OS/c17-13-3-1-12(2-4-13)15-9-19(7-8-22-15)11-21-16(23)20(10-18-21)14-5-6-14/h1-4,10,14-15H,5-9,11H2. The molecule has 122 valence electrons. The second-order valence-corrected chi connectivity index (χ2v) is 6.55. The fraction of sp³-hybridized carbons (Fsp3) is 0.500. The number of aromatic nitrogens is 3. The first-order chi connectivity index (χ1) is 11.2. The number of hydrogen-bond acceptors (Lipinski definition) is 4. The van der Waals surface area contributed by atoms with Crippen molar-refractivity contribution < 1.29 is 9.13 Å². The normalized spacial score (nSPS) is 22.4. The van der Waals surface area contributed by atoms with Crippen molar-refractivity contribution >= 4 is 12.2 Å². The summed E-state index contributed by atoms with van der Waals surface area (Å²) in [5.41, 5.74) is 1.00. The van der Waals surface area contributed by atoms with Gasteiger partial charge in [-0.3, -0.25) is 4.90 Å². The maximum atomic E-state index is 13.1. The lowest BCUT2D eigenvalue weighted by molar-refractivity contribution is -0.0419. The lowest BCUT2D eigenvalue weighted by atomic mass is 10.1. The fourth-order valence-electron chi connectivity index (χ4n) is 2.95. The molecule has 1 aromatic heterocycles. The molecular formula is C16H19FN4OS. The SMILES string of the molecule is Fc1ccc(C2CN(Cn3ncn(C4CC4)c3=S)CCO2)cc1. The molecule has 1 saturated heterocycles. The van der Waals surface area contributed by atoms with E-state index in [2.05, 4.69) is 14.6 Å². The van der Waals surface area contributed by atoms with E-state index >= 15 is 0 Å². The van der Waals surface area contributed by atoms with Gasteiger partial charge in [0, 0.05) is 19.1 Å². The molecule has 1 aliphatic carbocycles. The molecule has 23 heavy (non-hydrogen) atoms. The van der Waals surface area contributed by atoms with Crippen molar-refractivity contribution in [3.05, 3.63) is 46.7 Å². The first-order valence-electron chi connectivity index (χ1n) is 7.94. The molecule has 7 heteroatoms. The first kappa shape index (κ1) is 15.0. The van der Waals surface area contributed by atoms with Crippen LogP contribution in [-0.2, 0) is 11.4 Å². The van der Waals surface area contributed by atoms with E-state index in [1.54, 1.807) is 12.1 Å². The van der Waals surface area contributed by atoms with E-state index in [9.17, 15) is 4.39 Å². The number of nitrogens with zero attached hydrogens (tertiary/aromatic N) is 4. The van der Waals surface area contributed by atoms with Crippen LogP contribution in [0.4, 0.5) is 4.39 Å². The van der Waals surface area contributed by atoms with Gasteiger partial charge in [-0.05, 0) is 42.8 Å². The highest BCUT2D eigenvalue weighted by atomic mass is 32.1. The zero-order valence-corrected chi connectivity index (χ0v) is 13.6. The highest BCUT2D eigenvalue weighted by molar-refractivity contribution is 7.71. The molecule has 1 atom stereocenters. The zero-order chi connectivity index (χ0) is 15.8. The quantitative estimate of drug-likeness (QED) is 0.806. The van der Waals surface area contributed by atoms with Crippen LogP contribution in [0.25, 0.3) is 0 Å². The summed E-state index contributed by atoms with van der Waals surface area (Å²) < 4.78 is 23.6. The second-order valence-electron chi connectivity index (χ2n) is 6.18. The Balaban J connectivity index is 1.45. The Hall–Kier alpha value is -1.57. The topological polar surface area (TPSA) is 35.2 Å². The summed E-state index contributed by atoms with van der Waals surface area (Å²) in [5, 5.41) is 4.42. The predicted molar refractivity (Wildman–Crippen MR) is 86.0 cm³/mol. The Kier molecular flexibility index (Phi) is 4.00. The predicted octanol–water partition coefficient (Wildman–Crippen LogP) is 2.92. The summed E-state index contributed by atoms with van der Waals surface area (Å²) in [6, 6.07) is 7.08. The molecule has 0 amide bonds. The summed E-state index contributed by atoms with van der Waals surface area (Å²) in [7, 11) is 0. The molecule has 4 rings (SSSR count). The minimum atomic E-state index is -0.224. The van der Waals surface area contributed by atoms with Crippen molar-refractivity contribution in [1.29, 1.82) is 0 Å². The molecule has 2 aromatic rings. The largest absolute Gasteiger partial charge is 0.371 e. The Bertz CT molecular complexity index is 737. The summed E-state index contributed by atoms with van der Waals surface area (Å²) in [6.45, 7) is 2.91. The average Bonchev–Trinajstić information content (AvgIpc) is 3.34. The highest BCUT2D eigenvalue weighted by Crippen LogP contribution is 2.34. The Morgan fingerprint density at radius 3 is 2.78 bits per heavy atom. The number of hydrogen-bond donors (Lipinski definition) is 0. The Morgan fingerprint density at radius 2 is 2.04 bits per heavy atom. The van der Waals surface area contributed by atoms with Crippen LogP contribution in [0.2, 0.25) is 0 Å². The Labute approximate surface area is 139 Å². The van der Waals surface area contributed by atoms with Crippen molar-refractivity contribution in [3.8, 4) is 0 Å². The molecule has 2 fully saturated rings. The van der Waals surface area contributed by atoms with Gasteiger partial charge in [-0.15, -0.1) is 0 Å². The first-order valence-corrected chi connectivity index (χ1v) is 8.35. The van der Waals surface area contributed by atoms with Crippen LogP contribution in [0.1, 0.15) is 30.6 Å². The van der Waals surface area contributed by atoms with E-state index in [0.29, 0.717) is 19.3 Å². The summed E-state index contributed by atoms with van der Waals surface area (Å²) in [6.07, 6.45) is 4.20. The van der Waals surface area contributed by atoms with Crippen molar-refractivity contribution in [2.45, 2.75) is 31.7 Å². The fourth-order valence-corrected chi connectivity index (χ4v) is 3.25. The van der Waals surface area contributed by atoms with Crippen LogP contribution < -0.4 is 0 Å². The van der Waals surface area contributed by atoms with Crippen molar-refractivity contribution in [2.75, 3.05) is 19.7 Å². The van der Waals surface area contributed by atoms with Gasteiger partial charge in [0.05, 0.1) is 19.4 Å². The maximum absolute atomic E-state index is 13.1. The van der Waals surface area contributed by atoms with E-state index in [1.807, 2.05) is 11.0 Å². The van der Waals surface area contributed by atoms with Crippen LogP contribution >= 0.6 is 12.2 Å². The minimum absolute atomic E-state index is 0.0379. The van der Waals surface area contributed by atoms with Crippen molar-refractivity contribution in [1.82, 2.24) is 19.2 Å². The monoisotopic (exact) mass is 334 g/mol. The lowest BCUT2D eigenvalue weighted by Crippen LogP contribution is -2.39. The van der Waals surface area contributed by atoms with Gasteiger partial charge in [0.2, 0.25) is 0 Å². The van der Waals surface area contributed by atoms with E-state index < -0.39 is 0 Å². The van der Waals surface area contributed by atoms with Gasteiger partial charge in [0.25, 0.3) is 0 Å². The average molecular weight is 334 g/mol. The van der Waals surface area contributed by atoms with Gasteiger partial charge >= 0.3 is 0 Å². The third kappa shape index (κ3) is 3.22. The molecule has 1 aromatic carbocycles. The molecule has 1 aliphatic heterocycles. The van der Waals surface area contributed by atoms with Crippen LogP contribution in [-0.4, -0.2) is 38.9 Å². The highest BCUT2D eigenvalue weighted by Gasteiger charge is 2.26. The molecule has 0 radical (unpaired) electrons. The number of benzene rings is 1. The summed E-state index contributed by atoms with van der Waals surface area (Å²) >= 11 is 5.51. The van der Waals surface area contributed by atoms with Gasteiger partial charge in [-0.1, -0.05) is 12.1 Å². The third-order valence-electron chi connectivity index (χ3n) is 4.42. The van der Waals surface area contributed by atoms with E-state index in [1.165, 1.54) is 25.0 Å². The zero-order valence-electron chi connectivity index (χ0n) is 12.8. The van der Waals surface area contributed by atoms with E-state index in [4.69, 9.17) is 17.0 Å². The molecule has 5 nitrogen and oxygen atoms in total. The molecule has 0 spiro atoms. The molecule has 1 unspecified atom stereocenters. The van der Waals surface area contributed by atoms with Gasteiger partial charge in [0.1, 0.15) is 12.1 Å². The molecule has 1 saturated carbocycles. The minimum Gasteiger partial charge on any atom is -0.371 e. The second kappa shape index (κ2) is 6.14. The number of morpholine rings is 1. The van der Waals surface area contributed by atoms with Crippen LogP contribution in [0.3, 0.4) is 0 Å².